The van der Waals surface area contributed by atoms with Gasteiger partial charge in [0.2, 0.25) is 0 Å². The van der Waals surface area contributed by atoms with E-state index in [2.05, 4.69) is 37.3 Å². The highest BCUT2D eigenvalue weighted by molar-refractivity contribution is 5.00. The number of hydrogen-bond donors (Lipinski definition) is 1. The van der Waals surface area contributed by atoms with E-state index in [1.807, 2.05) is 17.9 Å². The lowest BCUT2D eigenvalue weighted by Gasteiger charge is -2.22. The normalized spacial score (nSPS) is 13.3. The minimum absolute atomic E-state index is 0.614. The van der Waals surface area contributed by atoms with E-state index in [-0.39, 0.29) is 0 Å². The summed E-state index contributed by atoms with van der Waals surface area (Å²) in [7, 11) is 2.00. The van der Waals surface area contributed by atoms with E-state index in [1.54, 1.807) is 0 Å². The fourth-order valence-electron chi connectivity index (χ4n) is 2.24. The maximum absolute atomic E-state index is 4.17. The number of rotatable bonds is 7. The molecular weight excluding hydrogens is 198 g/mol. The molecule has 1 unspecified atom stereocenters. The molecule has 0 aliphatic rings. The van der Waals surface area contributed by atoms with E-state index in [0.29, 0.717) is 6.04 Å². The maximum Gasteiger partial charge on any atom is 0.0492 e. The summed E-state index contributed by atoms with van der Waals surface area (Å²) in [5, 5.41) is 7.78. The first-order valence-electron chi connectivity index (χ1n) is 6.39. The molecule has 1 N–H and O–H groups in total. The fourth-order valence-corrected chi connectivity index (χ4v) is 2.24. The van der Waals surface area contributed by atoms with Gasteiger partial charge in [-0.15, -0.1) is 0 Å². The Labute approximate surface area is 99.2 Å². The summed E-state index contributed by atoms with van der Waals surface area (Å²) < 4.78 is 1.95. The van der Waals surface area contributed by atoms with Crippen LogP contribution in [0.15, 0.2) is 12.3 Å². The largest absolute Gasteiger partial charge is 0.314 e. The van der Waals surface area contributed by atoms with Gasteiger partial charge in [-0.2, -0.15) is 5.10 Å². The van der Waals surface area contributed by atoms with E-state index in [4.69, 9.17) is 0 Å². The van der Waals surface area contributed by atoms with Crippen LogP contribution in [0.25, 0.3) is 0 Å². The molecule has 1 rings (SSSR count). The molecule has 0 aromatic carbocycles. The molecule has 3 nitrogen and oxygen atoms in total. The predicted molar refractivity (Wildman–Crippen MR) is 68.4 cm³/mol. The van der Waals surface area contributed by atoms with Crippen LogP contribution < -0.4 is 5.32 Å². The zero-order valence-electron chi connectivity index (χ0n) is 11.0. The van der Waals surface area contributed by atoms with Gasteiger partial charge in [-0.25, -0.2) is 0 Å². The highest BCUT2D eigenvalue weighted by Crippen LogP contribution is 2.12. The molecule has 0 spiro atoms. The number of nitrogens with zero attached hydrogens (tertiary/aromatic N) is 2. The molecular formula is C13H25N3. The topological polar surface area (TPSA) is 29.9 Å². The molecule has 1 atom stereocenters. The molecule has 0 fully saturated rings. The lowest BCUT2D eigenvalue weighted by molar-refractivity contribution is 0.355. The molecule has 0 saturated heterocycles. The smallest absolute Gasteiger partial charge is 0.0492 e. The second-order valence-corrected chi connectivity index (χ2v) is 4.52. The van der Waals surface area contributed by atoms with Crippen LogP contribution in [0, 0.1) is 5.92 Å². The molecule has 92 valence electrons. The first-order valence-corrected chi connectivity index (χ1v) is 6.39. The second kappa shape index (κ2) is 6.69. The summed E-state index contributed by atoms with van der Waals surface area (Å²) in [6.07, 6.45) is 5.44. The molecule has 0 bridgehead atoms. The van der Waals surface area contributed by atoms with E-state index < -0.39 is 0 Å². The van der Waals surface area contributed by atoms with E-state index in [9.17, 15) is 0 Å². The van der Waals surface area contributed by atoms with Gasteiger partial charge in [0.15, 0.2) is 0 Å². The minimum atomic E-state index is 0.614. The third kappa shape index (κ3) is 3.63. The zero-order chi connectivity index (χ0) is 12.0. The van der Waals surface area contributed by atoms with Crippen LogP contribution in [0.4, 0.5) is 0 Å². The monoisotopic (exact) mass is 223 g/mol. The summed E-state index contributed by atoms with van der Waals surface area (Å²) in [5.74, 6) is 0.798. The van der Waals surface area contributed by atoms with Crippen molar-refractivity contribution in [2.75, 3.05) is 6.54 Å². The van der Waals surface area contributed by atoms with Gasteiger partial charge in [-0.05, 0) is 18.9 Å². The van der Waals surface area contributed by atoms with E-state index in [1.165, 1.54) is 18.5 Å². The molecule has 0 amide bonds. The summed E-state index contributed by atoms with van der Waals surface area (Å²) >= 11 is 0. The molecule has 1 heterocycles. The third-order valence-corrected chi connectivity index (χ3v) is 3.53. The average molecular weight is 223 g/mol. The molecule has 0 saturated carbocycles. The zero-order valence-corrected chi connectivity index (χ0v) is 11.0. The van der Waals surface area contributed by atoms with Crippen molar-refractivity contribution in [3.8, 4) is 0 Å². The van der Waals surface area contributed by atoms with Crippen LogP contribution in [0.2, 0.25) is 0 Å². The molecule has 0 radical (unpaired) electrons. The SMILES string of the molecule is CCC(CC)C(C)NCCc1ccnn1C. The van der Waals surface area contributed by atoms with Crippen molar-refractivity contribution in [3.63, 3.8) is 0 Å². The van der Waals surface area contributed by atoms with Crippen molar-refractivity contribution >= 4 is 0 Å². The van der Waals surface area contributed by atoms with E-state index >= 15 is 0 Å². The van der Waals surface area contributed by atoms with Gasteiger partial charge < -0.3 is 5.32 Å². The van der Waals surface area contributed by atoms with Gasteiger partial charge in [-0.1, -0.05) is 26.7 Å². The van der Waals surface area contributed by atoms with Gasteiger partial charge in [0.1, 0.15) is 0 Å². The Hall–Kier alpha value is -0.830. The van der Waals surface area contributed by atoms with Crippen molar-refractivity contribution in [2.45, 2.75) is 46.1 Å². The summed E-state index contributed by atoms with van der Waals surface area (Å²) in [5.41, 5.74) is 1.30. The second-order valence-electron chi connectivity index (χ2n) is 4.52. The van der Waals surface area contributed by atoms with Gasteiger partial charge in [0.25, 0.3) is 0 Å². The molecule has 0 aliphatic heterocycles. The summed E-state index contributed by atoms with van der Waals surface area (Å²) in [6.45, 7) is 7.87. The number of aromatic nitrogens is 2. The van der Waals surface area contributed by atoms with E-state index in [0.717, 1.165) is 18.9 Å². The van der Waals surface area contributed by atoms with Crippen molar-refractivity contribution in [1.82, 2.24) is 15.1 Å². The molecule has 16 heavy (non-hydrogen) atoms. The Morgan fingerprint density at radius 3 is 2.56 bits per heavy atom. The number of nitrogens with one attached hydrogen (secondary N) is 1. The first-order chi connectivity index (χ1) is 7.69. The van der Waals surface area contributed by atoms with Gasteiger partial charge >= 0.3 is 0 Å². The maximum atomic E-state index is 4.17. The molecule has 3 heteroatoms. The minimum Gasteiger partial charge on any atom is -0.314 e. The number of hydrogen-bond acceptors (Lipinski definition) is 2. The quantitative estimate of drug-likeness (QED) is 0.769. The first kappa shape index (κ1) is 13.2. The van der Waals surface area contributed by atoms with Gasteiger partial charge in [0.05, 0.1) is 0 Å². The predicted octanol–water partition coefficient (Wildman–Crippen LogP) is 2.38. The third-order valence-electron chi connectivity index (χ3n) is 3.53. The summed E-state index contributed by atoms with van der Waals surface area (Å²) in [4.78, 5) is 0. The van der Waals surface area contributed by atoms with Crippen molar-refractivity contribution in [1.29, 1.82) is 0 Å². The van der Waals surface area contributed by atoms with Gasteiger partial charge in [0, 0.05) is 37.9 Å². The standard InChI is InChI=1S/C13H25N3/c1-5-12(6-2)11(3)14-9-7-13-8-10-15-16(13)4/h8,10-12,14H,5-7,9H2,1-4H3. The van der Waals surface area contributed by atoms with Crippen LogP contribution in [0.1, 0.15) is 39.3 Å². The van der Waals surface area contributed by atoms with Gasteiger partial charge in [-0.3, -0.25) is 4.68 Å². The Balaban J connectivity index is 2.27. The Kier molecular flexibility index (Phi) is 5.53. The Bertz CT molecular complexity index is 289. The van der Waals surface area contributed by atoms with Crippen molar-refractivity contribution in [2.24, 2.45) is 13.0 Å². The highest BCUT2D eigenvalue weighted by Gasteiger charge is 2.12. The van der Waals surface area contributed by atoms with Crippen molar-refractivity contribution < 1.29 is 0 Å². The van der Waals surface area contributed by atoms with Crippen molar-refractivity contribution in [3.05, 3.63) is 18.0 Å². The fraction of sp³-hybridized carbons (Fsp3) is 0.769. The van der Waals surface area contributed by atoms with Crippen LogP contribution >= 0.6 is 0 Å². The molecule has 0 aliphatic carbocycles. The Morgan fingerprint density at radius 1 is 1.38 bits per heavy atom. The lowest BCUT2D eigenvalue weighted by atomic mass is 9.95. The summed E-state index contributed by atoms with van der Waals surface area (Å²) in [6, 6.07) is 2.70. The van der Waals surface area contributed by atoms with Crippen LogP contribution in [-0.4, -0.2) is 22.4 Å². The lowest BCUT2D eigenvalue weighted by Crippen LogP contribution is -2.34. The van der Waals surface area contributed by atoms with Crippen LogP contribution in [-0.2, 0) is 13.5 Å². The molecule has 1 aromatic heterocycles. The molecule has 1 aromatic rings. The van der Waals surface area contributed by atoms with Crippen LogP contribution in [0.5, 0.6) is 0 Å². The average Bonchev–Trinajstić information content (AvgIpc) is 2.66. The number of aryl methyl sites for hydroxylation is 1. The Morgan fingerprint density at radius 2 is 2.06 bits per heavy atom. The highest BCUT2D eigenvalue weighted by atomic mass is 15.3. The van der Waals surface area contributed by atoms with Crippen LogP contribution in [0.3, 0.4) is 0 Å².